The maximum atomic E-state index is 12.6. The summed E-state index contributed by atoms with van der Waals surface area (Å²) in [4.78, 5) is 31.9. The van der Waals surface area contributed by atoms with Gasteiger partial charge in [-0.05, 0) is 19.8 Å². The molecule has 0 saturated carbocycles. The summed E-state index contributed by atoms with van der Waals surface area (Å²) in [6, 6.07) is 0. The summed E-state index contributed by atoms with van der Waals surface area (Å²) >= 11 is 0. The van der Waals surface area contributed by atoms with E-state index in [1.807, 2.05) is 4.90 Å². The van der Waals surface area contributed by atoms with Crippen LogP contribution in [0.15, 0.2) is 10.8 Å². The Bertz CT molecular complexity index is 841. The van der Waals surface area contributed by atoms with Crippen LogP contribution in [0.5, 0.6) is 0 Å². The highest BCUT2D eigenvalue weighted by atomic mass is 16.3. The molecule has 4 rings (SSSR count). The number of likely N-dealkylation sites (tertiary alicyclic amines) is 1. The van der Waals surface area contributed by atoms with Crippen molar-refractivity contribution < 1.29 is 14.0 Å². The normalized spacial score (nSPS) is 20.2. The molecule has 0 spiro atoms. The summed E-state index contributed by atoms with van der Waals surface area (Å²) in [5.74, 6) is 2.12. The second-order valence-electron chi connectivity index (χ2n) is 6.92. The van der Waals surface area contributed by atoms with Crippen molar-refractivity contribution in [1.29, 1.82) is 0 Å². The van der Waals surface area contributed by atoms with Crippen LogP contribution in [0, 0.1) is 6.92 Å². The third-order valence-corrected chi connectivity index (χ3v) is 5.24. The monoisotopic (exact) mass is 358 g/mol. The van der Waals surface area contributed by atoms with Crippen LogP contribution >= 0.6 is 0 Å². The summed E-state index contributed by atoms with van der Waals surface area (Å²) in [6.07, 6.45) is 3.26. The number of carbonyl (C=O) groups excluding carboxylic acids is 2. The number of carbonyl (C=O) groups is 2. The fraction of sp³-hybridized carbons (Fsp3) is 0.588. The molecule has 1 fully saturated rings. The Hall–Kier alpha value is -2.71. The topological polar surface area (TPSA) is 97.4 Å². The Kier molecular flexibility index (Phi) is 4.21. The molecule has 2 aliphatic heterocycles. The first-order chi connectivity index (χ1) is 12.5. The molecule has 2 aliphatic rings. The number of aromatic nitrogens is 4. The smallest absolute Gasteiger partial charge is 0.292 e. The molecule has 4 heterocycles. The molecule has 26 heavy (non-hydrogen) atoms. The van der Waals surface area contributed by atoms with Crippen molar-refractivity contribution in [2.24, 2.45) is 0 Å². The van der Waals surface area contributed by atoms with Crippen molar-refractivity contribution in [1.82, 2.24) is 29.5 Å². The lowest BCUT2D eigenvalue weighted by Gasteiger charge is -2.33. The predicted octanol–water partition coefficient (Wildman–Crippen LogP) is 0.956. The highest BCUT2D eigenvalue weighted by Gasteiger charge is 2.32. The van der Waals surface area contributed by atoms with E-state index in [9.17, 15) is 9.59 Å². The van der Waals surface area contributed by atoms with Gasteiger partial charge in [-0.15, -0.1) is 10.2 Å². The van der Waals surface area contributed by atoms with Gasteiger partial charge in [0.05, 0.1) is 12.2 Å². The first-order valence-electron chi connectivity index (χ1n) is 8.91. The van der Waals surface area contributed by atoms with Gasteiger partial charge in [0.2, 0.25) is 11.7 Å². The van der Waals surface area contributed by atoms with Gasteiger partial charge in [0.15, 0.2) is 12.2 Å². The van der Waals surface area contributed by atoms with E-state index >= 15 is 0 Å². The number of rotatable bonds is 2. The van der Waals surface area contributed by atoms with Gasteiger partial charge in [0.25, 0.3) is 5.91 Å². The van der Waals surface area contributed by atoms with Gasteiger partial charge in [-0.2, -0.15) is 0 Å². The highest BCUT2D eigenvalue weighted by Crippen LogP contribution is 2.28. The number of aryl methyl sites for hydroxylation is 1. The third kappa shape index (κ3) is 2.87. The van der Waals surface area contributed by atoms with Gasteiger partial charge in [0, 0.05) is 39.0 Å². The van der Waals surface area contributed by atoms with Crippen molar-refractivity contribution in [2.75, 3.05) is 19.6 Å². The van der Waals surface area contributed by atoms with Gasteiger partial charge in [-0.3, -0.25) is 9.59 Å². The van der Waals surface area contributed by atoms with E-state index < -0.39 is 0 Å². The van der Waals surface area contributed by atoms with Crippen LogP contribution in [0.3, 0.4) is 0 Å². The molecular weight excluding hydrogens is 336 g/mol. The Morgan fingerprint density at radius 3 is 2.77 bits per heavy atom. The van der Waals surface area contributed by atoms with Gasteiger partial charge in [-0.25, -0.2) is 4.98 Å². The molecule has 138 valence electrons. The van der Waals surface area contributed by atoms with Gasteiger partial charge < -0.3 is 18.8 Å². The number of oxazole rings is 1. The molecule has 1 saturated heterocycles. The average molecular weight is 358 g/mol. The number of nitrogens with zero attached hydrogens (tertiary/aromatic N) is 6. The molecular formula is C17H22N6O3. The molecule has 2 aromatic heterocycles. The first kappa shape index (κ1) is 16.7. The summed E-state index contributed by atoms with van der Waals surface area (Å²) in [6.45, 7) is 6.48. The lowest BCUT2D eigenvalue weighted by Crippen LogP contribution is -2.41. The lowest BCUT2D eigenvalue weighted by molar-refractivity contribution is -0.130. The van der Waals surface area contributed by atoms with Crippen LogP contribution in [0.4, 0.5) is 0 Å². The summed E-state index contributed by atoms with van der Waals surface area (Å²) in [5.41, 5.74) is 0.592. The molecule has 0 bridgehead atoms. The number of piperidine rings is 1. The van der Waals surface area contributed by atoms with Crippen molar-refractivity contribution in [3.05, 3.63) is 29.5 Å². The molecule has 1 atom stereocenters. The van der Waals surface area contributed by atoms with E-state index in [0.717, 1.165) is 31.0 Å². The maximum Gasteiger partial charge on any atom is 0.292 e. The molecule has 0 aliphatic carbocycles. The number of hydrogen-bond donors (Lipinski definition) is 0. The molecule has 2 amide bonds. The van der Waals surface area contributed by atoms with Crippen molar-refractivity contribution >= 4 is 11.8 Å². The lowest BCUT2D eigenvalue weighted by atomic mass is 9.97. The second kappa shape index (κ2) is 6.54. The van der Waals surface area contributed by atoms with Gasteiger partial charge in [-0.1, -0.05) is 0 Å². The van der Waals surface area contributed by atoms with Crippen molar-refractivity contribution in [3.63, 3.8) is 0 Å². The van der Waals surface area contributed by atoms with E-state index in [1.165, 1.54) is 6.39 Å². The van der Waals surface area contributed by atoms with Crippen LogP contribution < -0.4 is 0 Å². The SMILES string of the molecule is CC(=O)N1CCCC(c2nnc3n2CCN(C(=O)c2ocnc2C)C3)C1. The fourth-order valence-electron chi connectivity index (χ4n) is 3.78. The van der Waals surface area contributed by atoms with Crippen molar-refractivity contribution in [3.8, 4) is 0 Å². The zero-order valence-corrected chi connectivity index (χ0v) is 15.0. The fourth-order valence-corrected chi connectivity index (χ4v) is 3.78. The maximum absolute atomic E-state index is 12.6. The molecule has 2 aromatic rings. The Morgan fingerprint density at radius 2 is 2.04 bits per heavy atom. The number of fused-ring (bicyclic) bond motifs is 1. The standard InChI is InChI=1S/C17H22N6O3/c1-11-15(26-10-18-11)17(25)22-6-7-23-14(9-22)19-20-16(23)13-4-3-5-21(8-13)12(2)24/h10,13H,3-9H2,1-2H3. The van der Waals surface area contributed by atoms with Crippen LogP contribution in [-0.4, -0.2) is 61.0 Å². The van der Waals surface area contributed by atoms with E-state index in [2.05, 4.69) is 19.7 Å². The van der Waals surface area contributed by atoms with E-state index in [1.54, 1.807) is 18.7 Å². The van der Waals surface area contributed by atoms with Gasteiger partial charge in [0.1, 0.15) is 5.82 Å². The Labute approximate surface area is 151 Å². The zero-order chi connectivity index (χ0) is 18.3. The van der Waals surface area contributed by atoms with Crippen LogP contribution in [0.25, 0.3) is 0 Å². The molecule has 0 aromatic carbocycles. The van der Waals surface area contributed by atoms with E-state index in [0.29, 0.717) is 31.9 Å². The Morgan fingerprint density at radius 1 is 1.19 bits per heavy atom. The predicted molar refractivity (Wildman–Crippen MR) is 90.2 cm³/mol. The largest absolute Gasteiger partial charge is 0.438 e. The molecule has 0 radical (unpaired) electrons. The van der Waals surface area contributed by atoms with Crippen LogP contribution in [0.1, 0.15) is 53.6 Å². The molecule has 9 nitrogen and oxygen atoms in total. The van der Waals surface area contributed by atoms with E-state index in [4.69, 9.17) is 4.42 Å². The Balaban J connectivity index is 1.51. The quantitative estimate of drug-likeness (QED) is 0.793. The minimum Gasteiger partial charge on any atom is -0.438 e. The summed E-state index contributed by atoms with van der Waals surface area (Å²) in [7, 11) is 0. The summed E-state index contributed by atoms with van der Waals surface area (Å²) in [5, 5.41) is 8.70. The third-order valence-electron chi connectivity index (χ3n) is 5.24. The van der Waals surface area contributed by atoms with E-state index in [-0.39, 0.29) is 23.5 Å². The highest BCUT2D eigenvalue weighted by molar-refractivity contribution is 5.92. The minimum atomic E-state index is -0.170. The second-order valence-corrected chi connectivity index (χ2v) is 6.92. The van der Waals surface area contributed by atoms with Crippen molar-refractivity contribution in [2.45, 2.75) is 45.7 Å². The number of amides is 2. The molecule has 0 N–H and O–H groups in total. The van der Waals surface area contributed by atoms with Crippen LogP contribution in [-0.2, 0) is 17.9 Å². The summed E-state index contributed by atoms with van der Waals surface area (Å²) < 4.78 is 7.32. The molecule has 9 heteroatoms. The number of hydrogen-bond acceptors (Lipinski definition) is 6. The average Bonchev–Trinajstić information content (AvgIpc) is 3.26. The zero-order valence-electron chi connectivity index (χ0n) is 15.0. The molecule has 1 unspecified atom stereocenters. The van der Waals surface area contributed by atoms with Crippen LogP contribution in [0.2, 0.25) is 0 Å². The first-order valence-corrected chi connectivity index (χ1v) is 8.91. The minimum absolute atomic E-state index is 0.104. The van der Waals surface area contributed by atoms with Gasteiger partial charge >= 0.3 is 0 Å².